The Bertz CT molecular complexity index is 652. The summed E-state index contributed by atoms with van der Waals surface area (Å²) < 4.78 is 11.3. The lowest BCUT2D eigenvalue weighted by atomic mass is 9.90. The van der Waals surface area contributed by atoms with Crippen LogP contribution in [0, 0.1) is 13.8 Å². The number of benzene rings is 2. The fourth-order valence-electron chi connectivity index (χ4n) is 2.81. The van der Waals surface area contributed by atoms with E-state index in [0.717, 1.165) is 23.5 Å². The van der Waals surface area contributed by atoms with Crippen molar-refractivity contribution < 1.29 is 9.47 Å². The highest BCUT2D eigenvalue weighted by Crippen LogP contribution is 2.34. The van der Waals surface area contributed by atoms with Crippen molar-refractivity contribution in [3.63, 3.8) is 0 Å². The van der Waals surface area contributed by atoms with Gasteiger partial charge in [-0.05, 0) is 62.1 Å². The van der Waals surface area contributed by atoms with Gasteiger partial charge in [-0.25, -0.2) is 0 Å². The van der Waals surface area contributed by atoms with E-state index in [1.807, 2.05) is 19.1 Å². The zero-order chi connectivity index (χ0) is 16.8. The van der Waals surface area contributed by atoms with Gasteiger partial charge in [0.2, 0.25) is 0 Å². The van der Waals surface area contributed by atoms with Crippen LogP contribution < -0.4 is 15.2 Å². The molecule has 0 aliphatic heterocycles. The molecule has 0 radical (unpaired) electrons. The van der Waals surface area contributed by atoms with Crippen LogP contribution in [-0.2, 0) is 6.42 Å². The van der Waals surface area contributed by atoms with Crippen molar-refractivity contribution in [3.8, 4) is 11.5 Å². The van der Waals surface area contributed by atoms with E-state index < -0.39 is 0 Å². The second-order valence-corrected chi connectivity index (χ2v) is 5.86. The van der Waals surface area contributed by atoms with Gasteiger partial charge >= 0.3 is 0 Å². The summed E-state index contributed by atoms with van der Waals surface area (Å²) in [5, 5.41) is 0. The monoisotopic (exact) mass is 313 g/mol. The maximum atomic E-state index is 6.06. The molecule has 1 unspecified atom stereocenters. The average Bonchev–Trinajstić information content (AvgIpc) is 2.56. The molecule has 3 heteroatoms. The third-order valence-corrected chi connectivity index (χ3v) is 4.32. The second-order valence-electron chi connectivity index (χ2n) is 5.86. The van der Waals surface area contributed by atoms with Gasteiger partial charge < -0.3 is 15.2 Å². The van der Waals surface area contributed by atoms with Crippen LogP contribution in [0.1, 0.15) is 35.1 Å². The smallest absolute Gasteiger partial charge is 0.164 e. The number of methoxy groups -OCH3 is 1. The normalized spacial score (nSPS) is 12.0. The van der Waals surface area contributed by atoms with E-state index in [9.17, 15) is 0 Å². The number of hydrogen-bond donors (Lipinski definition) is 1. The molecular weight excluding hydrogens is 286 g/mol. The summed E-state index contributed by atoms with van der Waals surface area (Å²) in [6.45, 7) is 7.48. The number of nitrogens with two attached hydrogens (primary N) is 1. The van der Waals surface area contributed by atoms with Crippen LogP contribution in [-0.4, -0.2) is 20.3 Å². The van der Waals surface area contributed by atoms with Crippen LogP contribution in [0.25, 0.3) is 0 Å². The van der Waals surface area contributed by atoms with Gasteiger partial charge in [0, 0.05) is 5.92 Å². The predicted octanol–water partition coefficient (Wildman–Crippen LogP) is 4.00. The summed E-state index contributed by atoms with van der Waals surface area (Å²) >= 11 is 0. The summed E-state index contributed by atoms with van der Waals surface area (Å²) in [6.07, 6.45) is 0.839. The molecule has 2 aromatic rings. The highest BCUT2D eigenvalue weighted by atomic mass is 16.5. The van der Waals surface area contributed by atoms with Crippen molar-refractivity contribution >= 4 is 0 Å². The van der Waals surface area contributed by atoms with Crippen molar-refractivity contribution in [2.24, 2.45) is 5.73 Å². The molecule has 0 saturated carbocycles. The molecule has 3 nitrogen and oxygen atoms in total. The highest BCUT2D eigenvalue weighted by molar-refractivity contribution is 5.47. The van der Waals surface area contributed by atoms with Crippen molar-refractivity contribution in [1.82, 2.24) is 0 Å². The Morgan fingerprint density at radius 1 is 1.09 bits per heavy atom. The van der Waals surface area contributed by atoms with Crippen LogP contribution in [0.2, 0.25) is 0 Å². The molecule has 0 saturated heterocycles. The lowest BCUT2D eigenvalue weighted by Gasteiger charge is -2.20. The van der Waals surface area contributed by atoms with Crippen LogP contribution >= 0.6 is 0 Å². The summed E-state index contributed by atoms with van der Waals surface area (Å²) in [5.41, 5.74) is 11.1. The molecule has 0 aromatic heterocycles. The minimum atomic E-state index is 0.264. The molecular formula is C20H27NO2. The second kappa shape index (κ2) is 8.02. The fraction of sp³-hybridized carbons (Fsp3) is 0.400. The van der Waals surface area contributed by atoms with Crippen molar-refractivity contribution in [2.45, 2.75) is 33.1 Å². The standard InChI is InChI=1S/C20H27NO2/c1-5-23-20-17(7-6-8-19(20)22-4)12-18(13-21)16-10-9-14(2)15(3)11-16/h6-11,18H,5,12-13,21H2,1-4H3. The first-order chi connectivity index (χ1) is 11.1. The minimum absolute atomic E-state index is 0.264. The van der Waals surface area contributed by atoms with Gasteiger partial charge in [-0.15, -0.1) is 0 Å². The first kappa shape index (κ1) is 17.4. The van der Waals surface area contributed by atoms with Crippen LogP contribution in [0.5, 0.6) is 11.5 Å². The molecule has 0 aliphatic carbocycles. The molecule has 2 N–H and O–H groups in total. The molecule has 2 rings (SSSR count). The average molecular weight is 313 g/mol. The predicted molar refractivity (Wildman–Crippen MR) is 95.6 cm³/mol. The SMILES string of the molecule is CCOc1c(CC(CN)c2ccc(C)c(C)c2)cccc1OC. The van der Waals surface area contributed by atoms with E-state index in [2.05, 4.69) is 38.1 Å². The Hall–Kier alpha value is -2.00. The first-order valence-corrected chi connectivity index (χ1v) is 8.16. The molecule has 2 aromatic carbocycles. The van der Waals surface area contributed by atoms with Crippen molar-refractivity contribution in [2.75, 3.05) is 20.3 Å². The largest absolute Gasteiger partial charge is 0.493 e. The molecule has 0 aliphatic rings. The third-order valence-electron chi connectivity index (χ3n) is 4.32. The number of ether oxygens (including phenoxy) is 2. The first-order valence-electron chi connectivity index (χ1n) is 8.16. The molecule has 0 heterocycles. The molecule has 23 heavy (non-hydrogen) atoms. The lowest BCUT2D eigenvalue weighted by Crippen LogP contribution is -2.16. The molecule has 0 amide bonds. The molecule has 1 atom stereocenters. The van der Waals surface area contributed by atoms with E-state index in [1.165, 1.54) is 16.7 Å². The zero-order valence-electron chi connectivity index (χ0n) is 14.6. The maximum absolute atomic E-state index is 6.06. The van der Waals surface area contributed by atoms with Crippen LogP contribution in [0.15, 0.2) is 36.4 Å². The Labute approximate surface area is 139 Å². The number of hydrogen-bond acceptors (Lipinski definition) is 3. The quantitative estimate of drug-likeness (QED) is 0.840. The van der Waals surface area contributed by atoms with Gasteiger partial charge in [0.15, 0.2) is 11.5 Å². The van der Waals surface area contributed by atoms with Gasteiger partial charge in [-0.3, -0.25) is 0 Å². The van der Waals surface area contributed by atoms with E-state index in [0.29, 0.717) is 13.2 Å². The zero-order valence-corrected chi connectivity index (χ0v) is 14.6. The molecule has 124 valence electrons. The highest BCUT2D eigenvalue weighted by Gasteiger charge is 2.17. The van der Waals surface area contributed by atoms with Gasteiger partial charge in [0.25, 0.3) is 0 Å². The van der Waals surface area contributed by atoms with Gasteiger partial charge in [-0.2, -0.15) is 0 Å². The minimum Gasteiger partial charge on any atom is -0.493 e. The summed E-state index contributed by atoms with van der Waals surface area (Å²) in [7, 11) is 1.67. The van der Waals surface area contributed by atoms with Crippen LogP contribution in [0.3, 0.4) is 0 Å². The number of rotatable bonds is 7. The Morgan fingerprint density at radius 2 is 1.87 bits per heavy atom. The van der Waals surface area contributed by atoms with Crippen molar-refractivity contribution in [3.05, 3.63) is 58.7 Å². The molecule has 0 bridgehead atoms. The third kappa shape index (κ3) is 4.05. The van der Waals surface area contributed by atoms with Crippen LogP contribution in [0.4, 0.5) is 0 Å². The van der Waals surface area contributed by atoms with E-state index in [4.69, 9.17) is 15.2 Å². The van der Waals surface area contributed by atoms with E-state index >= 15 is 0 Å². The number of para-hydroxylation sites is 1. The Kier molecular flexibility index (Phi) is 6.05. The number of aryl methyl sites for hydroxylation is 2. The van der Waals surface area contributed by atoms with E-state index in [1.54, 1.807) is 7.11 Å². The molecule has 0 spiro atoms. The molecule has 0 fully saturated rings. The maximum Gasteiger partial charge on any atom is 0.164 e. The Morgan fingerprint density at radius 3 is 2.48 bits per heavy atom. The van der Waals surface area contributed by atoms with Gasteiger partial charge in [0.05, 0.1) is 13.7 Å². The van der Waals surface area contributed by atoms with E-state index in [-0.39, 0.29) is 5.92 Å². The fourth-order valence-corrected chi connectivity index (χ4v) is 2.81. The lowest BCUT2D eigenvalue weighted by molar-refractivity contribution is 0.307. The summed E-state index contributed by atoms with van der Waals surface area (Å²) in [6, 6.07) is 12.6. The summed E-state index contributed by atoms with van der Waals surface area (Å²) in [5.74, 6) is 1.88. The van der Waals surface area contributed by atoms with Crippen molar-refractivity contribution in [1.29, 1.82) is 0 Å². The topological polar surface area (TPSA) is 44.5 Å². The van der Waals surface area contributed by atoms with Gasteiger partial charge in [-0.1, -0.05) is 30.3 Å². The van der Waals surface area contributed by atoms with Gasteiger partial charge in [0.1, 0.15) is 0 Å². The Balaban J connectivity index is 2.33. The summed E-state index contributed by atoms with van der Waals surface area (Å²) in [4.78, 5) is 0.